The molecule has 0 bridgehead atoms. The first-order valence-corrected chi connectivity index (χ1v) is 6.19. The van der Waals surface area contributed by atoms with Crippen molar-refractivity contribution < 1.29 is 14.3 Å². The average Bonchev–Trinajstić information content (AvgIpc) is 3.19. The minimum absolute atomic E-state index is 0.290. The molecule has 3 rings (SSSR count). The van der Waals surface area contributed by atoms with Gasteiger partial charge in [0.2, 0.25) is 5.82 Å². The van der Waals surface area contributed by atoms with E-state index in [0.717, 1.165) is 0 Å². The lowest BCUT2D eigenvalue weighted by Crippen LogP contribution is -2.18. The fourth-order valence-corrected chi connectivity index (χ4v) is 1.95. The Balaban J connectivity index is 2.02. The van der Waals surface area contributed by atoms with E-state index in [1.807, 2.05) is 6.92 Å². The fourth-order valence-electron chi connectivity index (χ4n) is 1.95. The minimum Gasteiger partial charge on any atom is -0.480 e. The lowest BCUT2D eigenvalue weighted by atomic mass is 10.3. The van der Waals surface area contributed by atoms with Gasteiger partial charge < -0.3 is 9.52 Å². The molecule has 0 aliphatic carbocycles. The molecule has 0 aromatic carbocycles. The predicted octanol–water partition coefficient (Wildman–Crippen LogP) is 0.823. The van der Waals surface area contributed by atoms with Gasteiger partial charge in [0, 0.05) is 0 Å². The van der Waals surface area contributed by atoms with E-state index in [1.54, 1.807) is 16.8 Å². The zero-order chi connectivity index (χ0) is 14.8. The summed E-state index contributed by atoms with van der Waals surface area (Å²) in [6, 6.07) is 3.13. The van der Waals surface area contributed by atoms with E-state index in [2.05, 4.69) is 20.2 Å². The molecule has 0 aliphatic rings. The van der Waals surface area contributed by atoms with Gasteiger partial charge in [-0.2, -0.15) is 5.10 Å². The Labute approximate surface area is 118 Å². The van der Waals surface area contributed by atoms with E-state index >= 15 is 0 Å². The number of carboxylic acids is 1. The monoisotopic (exact) mass is 288 g/mol. The Morgan fingerprint density at radius 2 is 2.38 bits per heavy atom. The SMILES string of the molecule is CC(c1nc(-c2ccco2)nn1CC(=O)O)n1cncn1. The summed E-state index contributed by atoms with van der Waals surface area (Å²) >= 11 is 0. The molecule has 0 spiro atoms. The summed E-state index contributed by atoms with van der Waals surface area (Å²) in [7, 11) is 0. The highest BCUT2D eigenvalue weighted by molar-refractivity contribution is 5.66. The summed E-state index contributed by atoms with van der Waals surface area (Å²) in [5, 5.41) is 17.2. The standard InChI is InChI=1S/C12H12N6O3/c1-8(18-7-13-6-14-18)12-15-11(9-3-2-4-21-9)16-17(12)5-10(19)20/h2-4,6-8H,5H2,1H3,(H,19,20). The smallest absolute Gasteiger partial charge is 0.325 e. The number of aromatic nitrogens is 6. The van der Waals surface area contributed by atoms with Crippen LogP contribution in [-0.2, 0) is 11.3 Å². The van der Waals surface area contributed by atoms with E-state index in [4.69, 9.17) is 9.52 Å². The quantitative estimate of drug-likeness (QED) is 0.739. The van der Waals surface area contributed by atoms with Crippen molar-refractivity contribution in [2.75, 3.05) is 0 Å². The van der Waals surface area contributed by atoms with Crippen molar-refractivity contribution in [2.24, 2.45) is 0 Å². The van der Waals surface area contributed by atoms with Crippen molar-refractivity contribution in [2.45, 2.75) is 19.5 Å². The van der Waals surface area contributed by atoms with Crippen molar-refractivity contribution in [3.05, 3.63) is 36.9 Å². The Bertz CT molecular complexity index is 731. The van der Waals surface area contributed by atoms with Gasteiger partial charge in [-0.05, 0) is 19.1 Å². The zero-order valence-corrected chi connectivity index (χ0v) is 11.1. The van der Waals surface area contributed by atoms with Crippen LogP contribution in [0.25, 0.3) is 11.6 Å². The summed E-state index contributed by atoms with van der Waals surface area (Å²) in [4.78, 5) is 19.2. The summed E-state index contributed by atoms with van der Waals surface area (Å²) in [6.45, 7) is 1.55. The van der Waals surface area contributed by atoms with Crippen LogP contribution in [0, 0.1) is 0 Å². The molecular weight excluding hydrogens is 276 g/mol. The van der Waals surface area contributed by atoms with Gasteiger partial charge in [0.15, 0.2) is 11.6 Å². The van der Waals surface area contributed by atoms with Crippen molar-refractivity contribution >= 4 is 5.97 Å². The van der Waals surface area contributed by atoms with Gasteiger partial charge in [-0.15, -0.1) is 5.10 Å². The summed E-state index contributed by atoms with van der Waals surface area (Å²) < 4.78 is 8.15. The maximum atomic E-state index is 11.0. The highest BCUT2D eigenvalue weighted by Crippen LogP contribution is 2.21. The molecule has 0 amide bonds. The van der Waals surface area contributed by atoms with Crippen molar-refractivity contribution in [1.29, 1.82) is 0 Å². The first-order valence-electron chi connectivity index (χ1n) is 6.19. The van der Waals surface area contributed by atoms with Gasteiger partial charge in [-0.1, -0.05) is 0 Å². The van der Waals surface area contributed by atoms with Crippen LogP contribution in [0.1, 0.15) is 18.8 Å². The Morgan fingerprint density at radius 1 is 1.52 bits per heavy atom. The minimum atomic E-state index is -1.00. The highest BCUT2D eigenvalue weighted by Gasteiger charge is 2.21. The maximum absolute atomic E-state index is 11.0. The van der Waals surface area contributed by atoms with E-state index in [-0.39, 0.29) is 12.6 Å². The van der Waals surface area contributed by atoms with Crippen LogP contribution in [0.3, 0.4) is 0 Å². The molecule has 108 valence electrons. The molecule has 3 aromatic heterocycles. The van der Waals surface area contributed by atoms with Gasteiger partial charge in [0.1, 0.15) is 25.2 Å². The fraction of sp³-hybridized carbons (Fsp3) is 0.250. The van der Waals surface area contributed by atoms with Crippen molar-refractivity contribution in [1.82, 2.24) is 29.5 Å². The van der Waals surface area contributed by atoms with Gasteiger partial charge in [-0.25, -0.2) is 19.3 Å². The first-order chi connectivity index (χ1) is 10.1. The number of nitrogens with zero attached hydrogens (tertiary/aromatic N) is 6. The third kappa shape index (κ3) is 2.53. The van der Waals surface area contributed by atoms with E-state index in [0.29, 0.717) is 17.4 Å². The largest absolute Gasteiger partial charge is 0.480 e. The number of furan rings is 1. The summed E-state index contributed by atoms with van der Waals surface area (Å²) in [6.07, 6.45) is 4.45. The van der Waals surface area contributed by atoms with Gasteiger partial charge in [-0.3, -0.25) is 4.79 Å². The molecule has 0 radical (unpaired) electrons. The number of rotatable bonds is 5. The summed E-state index contributed by atoms with van der Waals surface area (Å²) in [5.41, 5.74) is 0. The highest BCUT2D eigenvalue weighted by atomic mass is 16.4. The van der Waals surface area contributed by atoms with Crippen LogP contribution < -0.4 is 0 Å². The average molecular weight is 288 g/mol. The van der Waals surface area contributed by atoms with Crippen molar-refractivity contribution in [3.63, 3.8) is 0 Å². The normalized spacial score (nSPS) is 12.4. The molecular formula is C12H12N6O3. The van der Waals surface area contributed by atoms with E-state index < -0.39 is 5.97 Å². The Hall–Kier alpha value is -2.97. The second kappa shape index (κ2) is 5.19. The second-order valence-electron chi connectivity index (χ2n) is 4.37. The molecule has 0 aliphatic heterocycles. The van der Waals surface area contributed by atoms with Gasteiger partial charge >= 0.3 is 5.97 Å². The van der Waals surface area contributed by atoms with Crippen LogP contribution in [0.2, 0.25) is 0 Å². The first kappa shape index (κ1) is 13.0. The predicted molar refractivity (Wildman–Crippen MR) is 69.2 cm³/mol. The Morgan fingerprint density at radius 3 is 3.00 bits per heavy atom. The Kier molecular flexibility index (Phi) is 3.22. The van der Waals surface area contributed by atoms with Crippen molar-refractivity contribution in [3.8, 4) is 11.6 Å². The molecule has 1 atom stereocenters. The molecule has 1 unspecified atom stereocenters. The molecule has 9 nitrogen and oxygen atoms in total. The molecule has 1 N–H and O–H groups in total. The number of carboxylic acid groups (broad SMARTS) is 1. The molecule has 21 heavy (non-hydrogen) atoms. The van der Waals surface area contributed by atoms with Crippen LogP contribution in [-0.4, -0.2) is 40.6 Å². The molecule has 0 saturated carbocycles. The van der Waals surface area contributed by atoms with Crippen LogP contribution in [0.5, 0.6) is 0 Å². The lowest BCUT2D eigenvalue weighted by Gasteiger charge is -2.10. The maximum Gasteiger partial charge on any atom is 0.325 e. The topological polar surface area (TPSA) is 112 Å². The molecule has 9 heteroatoms. The zero-order valence-electron chi connectivity index (χ0n) is 11.1. The van der Waals surface area contributed by atoms with E-state index in [9.17, 15) is 4.79 Å². The number of aliphatic carboxylic acids is 1. The summed E-state index contributed by atoms with van der Waals surface area (Å²) in [5.74, 6) is 0.279. The van der Waals surface area contributed by atoms with E-state index in [1.165, 1.54) is 23.6 Å². The molecule has 0 saturated heterocycles. The molecule has 0 fully saturated rings. The van der Waals surface area contributed by atoms with Gasteiger partial charge in [0.25, 0.3) is 0 Å². The van der Waals surface area contributed by atoms with Crippen LogP contribution >= 0.6 is 0 Å². The van der Waals surface area contributed by atoms with Gasteiger partial charge in [0.05, 0.1) is 6.26 Å². The number of hydrogen-bond acceptors (Lipinski definition) is 6. The third-order valence-corrected chi connectivity index (χ3v) is 2.93. The lowest BCUT2D eigenvalue weighted by molar-refractivity contribution is -0.137. The number of carbonyl (C=O) groups is 1. The number of hydrogen-bond donors (Lipinski definition) is 1. The van der Waals surface area contributed by atoms with Crippen LogP contribution in [0.15, 0.2) is 35.5 Å². The molecule has 3 heterocycles. The second-order valence-corrected chi connectivity index (χ2v) is 4.37. The van der Waals surface area contributed by atoms with Crippen LogP contribution in [0.4, 0.5) is 0 Å². The molecule has 3 aromatic rings. The third-order valence-electron chi connectivity index (χ3n) is 2.93.